The second-order valence-electron chi connectivity index (χ2n) is 6.99. The molecule has 0 aromatic carbocycles. The van der Waals surface area contributed by atoms with E-state index in [1.54, 1.807) is 0 Å². The van der Waals surface area contributed by atoms with Crippen LogP contribution in [0.3, 0.4) is 0 Å². The largest absolute Gasteiger partial charge is 0.472 e. The van der Waals surface area contributed by atoms with E-state index >= 15 is 0 Å². The van der Waals surface area contributed by atoms with Gasteiger partial charge in [-0.15, -0.1) is 0 Å². The second-order valence-corrected chi connectivity index (χ2v) is 8.45. The third-order valence-electron chi connectivity index (χ3n) is 4.29. The number of hydrogen-bond donors (Lipinski definition) is 1. The van der Waals surface area contributed by atoms with Crippen LogP contribution in [0.25, 0.3) is 0 Å². The molecule has 1 N–H and O–H groups in total. The van der Waals surface area contributed by atoms with Gasteiger partial charge in [0.1, 0.15) is 6.61 Å². The van der Waals surface area contributed by atoms with E-state index in [4.69, 9.17) is 13.8 Å². The highest BCUT2D eigenvalue weighted by Crippen LogP contribution is 2.43. The molecule has 0 aliphatic heterocycles. The molecule has 0 rings (SSSR count). The van der Waals surface area contributed by atoms with Crippen molar-refractivity contribution < 1.29 is 32.5 Å². The third-order valence-corrected chi connectivity index (χ3v) is 5.31. The van der Waals surface area contributed by atoms with Crippen LogP contribution in [0.15, 0.2) is 12.2 Å². The number of unbranched alkanes of at least 4 members (excludes halogenated alkanes) is 1. The molecular weight excluding hydrogens is 369 g/mol. The lowest BCUT2D eigenvalue weighted by atomic mass is 10.2. The van der Waals surface area contributed by atoms with Crippen LogP contribution in [0.5, 0.6) is 0 Å². The molecule has 27 heavy (non-hydrogen) atoms. The normalized spacial score (nSPS) is 14.0. The Balaban J connectivity index is 4.13. The summed E-state index contributed by atoms with van der Waals surface area (Å²) in [6.45, 7) is 16.1. The number of hydrogen-bond acceptors (Lipinski definition) is 5. The number of phosphoric acid groups is 1. The van der Waals surface area contributed by atoms with Crippen LogP contribution >= 0.6 is 7.82 Å². The quantitative estimate of drug-likeness (QED) is 0.128. The van der Waals surface area contributed by atoms with E-state index in [1.807, 2.05) is 0 Å². The van der Waals surface area contributed by atoms with Crippen LogP contribution in [0, 0.1) is 0 Å². The van der Waals surface area contributed by atoms with Crippen molar-refractivity contribution >= 4 is 13.8 Å². The lowest BCUT2D eigenvalue weighted by Gasteiger charge is -2.38. The molecule has 1 unspecified atom stereocenters. The standard InChI is InChI=1S/C19H38NO6P/c1-6-11-20(12-7-2,13-8-3)14-9-10-15-25-27(22,23)26-17-16-24-19(21)18(4)5/h4,6-17H2,1-3,5H3/p+1. The predicted octanol–water partition coefficient (Wildman–Crippen LogP) is 4.07. The third kappa shape index (κ3) is 12.4. The van der Waals surface area contributed by atoms with Gasteiger partial charge >= 0.3 is 13.8 Å². The molecule has 0 amide bonds. The van der Waals surface area contributed by atoms with Crippen LogP contribution in [0.2, 0.25) is 0 Å². The Bertz CT molecular complexity index is 466. The zero-order valence-corrected chi connectivity index (χ0v) is 18.5. The first kappa shape index (κ1) is 26.3. The van der Waals surface area contributed by atoms with Crippen molar-refractivity contribution in [3.8, 4) is 0 Å². The molecule has 0 aliphatic carbocycles. The average Bonchev–Trinajstić information content (AvgIpc) is 2.58. The van der Waals surface area contributed by atoms with Crippen molar-refractivity contribution in [3.63, 3.8) is 0 Å². The molecule has 0 fully saturated rings. The van der Waals surface area contributed by atoms with Crippen molar-refractivity contribution in [3.05, 3.63) is 12.2 Å². The van der Waals surface area contributed by atoms with Crippen molar-refractivity contribution in [2.45, 2.75) is 59.8 Å². The number of phosphoric ester groups is 1. The van der Waals surface area contributed by atoms with Gasteiger partial charge < -0.3 is 14.1 Å². The van der Waals surface area contributed by atoms with Gasteiger partial charge in [-0.05, 0) is 39.0 Å². The van der Waals surface area contributed by atoms with Gasteiger partial charge in [0.15, 0.2) is 0 Å². The second kappa shape index (κ2) is 14.3. The van der Waals surface area contributed by atoms with Crippen molar-refractivity contribution in [1.29, 1.82) is 0 Å². The number of carbonyl (C=O) groups is 1. The van der Waals surface area contributed by atoms with Gasteiger partial charge in [0.2, 0.25) is 0 Å². The minimum Gasteiger partial charge on any atom is -0.460 e. The van der Waals surface area contributed by atoms with Crippen molar-refractivity contribution in [2.24, 2.45) is 0 Å². The first-order valence-electron chi connectivity index (χ1n) is 10.0. The fourth-order valence-electron chi connectivity index (χ4n) is 3.27. The van der Waals surface area contributed by atoms with E-state index in [1.165, 1.54) is 26.6 Å². The van der Waals surface area contributed by atoms with E-state index < -0.39 is 13.8 Å². The number of nitrogens with zero attached hydrogens (tertiary/aromatic N) is 1. The van der Waals surface area contributed by atoms with Crippen LogP contribution in [-0.4, -0.2) is 61.3 Å². The Morgan fingerprint density at radius 3 is 1.93 bits per heavy atom. The Morgan fingerprint density at radius 1 is 0.926 bits per heavy atom. The lowest BCUT2D eigenvalue weighted by molar-refractivity contribution is -0.928. The van der Waals surface area contributed by atoms with Gasteiger partial charge in [0.25, 0.3) is 0 Å². The SMILES string of the molecule is C=C(C)C(=O)OCCOP(=O)(O)OCCCC[N+](CCC)(CCC)CCC. The molecule has 8 heteroatoms. The zero-order valence-electron chi connectivity index (χ0n) is 17.6. The van der Waals surface area contributed by atoms with E-state index in [9.17, 15) is 14.3 Å². The average molecular weight is 408 g/mol. The highest BCUT2D eigenvalue weighted by atomic mass is 31.2. The summed E-state index contributed by atoms with van der Waals surface area (Å²) in [6, 6.07) is 0. The van der Waals surface area contributed by atoms with E-state index in [0.29, 0.717) is 6.42 Å². The van der Waals surface area contributed by atoms with Crippen molar-refractivity contribution in [2.75, 3.05) is 46.0 Å². The van der Waals surface area contributed by atoms with E-state index in [2.05, 4.69) is 27.4 Å². The molecule has 0 aromatic rings. The van der Waals surface area contributed by atoms with Gasteiger partial charge in [-0.25, -0.2) is 9.36 Å². The lowest BCUT2D eigenvalue weighted by Crippen LogP contribution is -2.50. The van der Waals surface area contributed by atoms with E-state index in [-0.39, 0.29) is 25.4 Å². The molecule has 0 aromatic heterocycles. The first-order valence-corrected chi connectivity index (χ1v) is 11.5. The van der Waals surface area contributed by atoms with Gasteiger partial charge in [0.05, 0.1) is 39.4 Å². The molecular formula is C19H39NO6P+. The molecule has 0 bridgehead atoms. The van der Waals surface area contributed by atoms with Crippen LogP contribution in [0.1, 0.15) is 59.8 Å². The maximum absolute atomic E-state index is 11.8. The van der Waals surface area contributed by atoms with Gasteiger partial charge in [-0.3, -0.25) is 9.05 Å². The Hall–Kier alpha value is -0.720. The number of esters is 1. The molecule has 0 spiro atoms. The monoisotopic (exact) mass is 408 g/mol. The fraction of sp³-hybridized carbons (Fsp3) is 0.842. The Labute approximate surface area is 164 Å². The van der Waals surface area contributed by atoms with Crippen LogP contribution < -0.4 is 0 Å². The summed E-state index contributed by atoms with van der Waals surface area (Å²) in [5, 5.41) is 0. The fourth-order valence-corrected chi connectivity index (χ4v) is 4.01. The summed E-state index contributed by atoms with van der Waals surface area (Å²) in [4.78, 5) is 20.8. The van der Waals surface area contributed by atoms with Crippen LogP contribution in [0.4, 0.5) is 0 Å². The minimum atomic E-state index is -4.11. The topological polar surface area (TPSA) is 82.1 Å². The summed E-state index contributed by atoms with van der Waals surface area (Å²) in [7, 11) is -4.11. The van der Waals surface area contributed by atoms with Gasteiger partial charge in [-0.1, -0.05) is 27.4 Å². The molecule has 0 heterocycles. The highest BCUT2D eigenvalue weighted by molar-refractivity contribution is 7.47. The minimum absolute atomic E-state index is 0.120. The Kier molecular flexibility index (Phi) is 13.9. The van der Waals surface area contributed by atoms with Gasteiger partial charge in [-0.2, -0.15) is 0 Å². The summed E-state index contributed by atoms with van der Waals surface area (Å²) in [6.07, 6.45) is 5.12. The maximum atomic E-state index is 11.8. The number of ether oxygens (including phenoxy) is 1. The smallest absolute Gasteiger partial charge is 0.460 e. The molecule has 7 nitrogen and oxygen atoms in total. The van der Waals surface area contributed by atoms with Gasteiger partial charge in [0, 0.05) is 5.57 Å². The molecule has 0 saturated heterocycles. The summed E-state index contributed by atoms with van der Waals surface area (Å²) < 4.78 is 27.5. The molecule has 0 aliphatic rings. The number of carbonyl (C=O) groups excluding carboxylic acids is 1. The Morgan fingerprint density at radius 2 is 1.44 bits per heavy atom. The summed E-state index contributed by atoms with van der Waals surface area (Å²) in [5.41, 5.74) is 0.266. The maximum Gasteiger partial charge on any atom is 0.472 e. The highest BCUT2D eigenvalue weighted by Gasteiger charge is 2.25. The summed E-state index contributed by atoms with van der Waals surface area (Å²) >= 11 is 0. The number of quaternary nitrogens is 1. The molecule has 0 saturated carbocycles. The molecule has 1 atom stereocenters. The predicted molar refractivity (Wildman–Crippen MR) is 107 cm³/mol. The van der Waals surface area contributed by atoms with Crippen molar-refractivity contribution in [1.82, 2.24) is 0 Å². The molecule has 0 radical (unpaired) electrons. The zero-order chi connectivity index (χ0) is 20.8. The van der Waals surface area contributed by atoms with E-state index in [0.717, 1.165) is 36.7 Å². The number of rotatable bonds is 17. The molecule has 160 valence electrons. The van der Waals surface area contributed by atoms with Crippen LogP contribution in [-0.2, 0) is 23.1 Å². The first-order chi connectivity index (χ1) is 12.7. The summed E-state index contributed by atoms with van der Waals surface area (Å²) in [5.74, 6) is -0.555.